The summed E-state index contributed by atoms with van der Waals surface area (Å²) in [4.78, 5) is 4.51. The van der Waals surface area contributed by atoms with Crippen molar-refractivity contribution in [3.63, 3.8) is 0 Å². The van der Waals surface area contributed by atoms with Crippen LogP contribution in [0.1, 0.15) is 18.5 Å². The molecule has 0 amide bonds. The third kappa shape index (κ3) is 3.31. The predicted octanol–water partition coefficient (Wildman–Crippen LogP) is 4.06. The standard InChI is InChI=1S/C15H14N4OS2/c1-2-4-10(5-3-1)13-16-12(8-20-13)9-21-15-19-18-14(22-15)17-11-6-7-11/h1-5,8,11H,6-7,9H2,(H,17,18). The molecule has 1 saturated carbocycles. The molecule has 1 aromatic carbocycles. The van der Waals surface area contributed by atoms with Gasteiger partial charge in [0.25, 0.3) is 0 Å². The first-order valence-corrected chi connectivity index (χ1v) is 8.90. The first-order chi connectivity index (χ1) is 10.9. The first-order valence-electron chi connectivity index (χ1n) is 7.09. The predicted molar refractivity (Wildman–Crippen MR) is 88.1 cm³/mol. The normalized spacial score (nSPS) is 14.2. The Bertz CT molecular complexity index is 752. The van der Waals surface area contributed by atoms with E-state index in [1.54, 1.807) is 29.4 Å². The smallest absolute Gasteiger partial charge is 0.226 e. The van der Waals surface area contributed by atoms with Gasteiger partial charge in [-0.2, -0.15) is 0 Å². The average Bonchev–Trinajstić information content (AvgIpc) is 3.06. The largest absolute Gasteiger partial charge is 0.444 e. The zero-order valence-corrected chi connectivity index (χ0v) is 13.4. The molecule has 0 spiro atoms. The third-order valence-electron chi connectivity index (χ3n) is 3.23. The molecule has 0 radical (unpaired) electrons. The second-order valence-corrected chi connectivity index (χ2v) is 7.29. The molecule has 0 atom stereocenters. The van der Waals surface area contributed by atoms with Crippen LogP contribution in [-0.4, -0.2) is 21.2 Å². The molecule has 7 heteroatoms. The molecule has 2 aromatic heterocycles. The quantitative estimate of drug-likeness (QED) is 0.688. The van der Waals surface area contributed by atoms with Gasteiger partial charge in [0, 0.05) is 17.4 Å². The van der Waals surface area contributed by atoms with Crippen LogP contribution in [0.2, 0.25) is 0 Å². The van der Waals surface area contributed by atoms with E-state index in [0.717, 1.165) is 26.5 Å². The van der Waals surface area contributed by atoms with E-state index in [1.807, 2.05) is 30.3 Å². The van der Waals surface area contributed by atoms with Crippen LogP contribution in [0.5, 0.6) is 0 Å². The maximum absolute atomic E-state index is 5.54. The molecule has 3 aromatic rings. The van der Waals surface area contributed by atoms with Gasteiger partial charge in [-0.3, -0.25) is 0 Å². The van der Waals surface area contributed by atoms with Crippen LogP contribution in [0.25, 0.3) is 11.5 Å². The molecule has 0 aliphatic heterocycles. The van der Waals surface area contributed by atoms with Crippen molar-refractivity contribution in [3.8, 4) is 11.5 Å². The molecular weight excluding hydrogens is 316 g/mol. The monoisotopic (exact) mass is 330 g/mol. The van der Waals surface area contributed by atoms with Crippen LogP contribution in [0.4, 0.5) is 5.13 Å². The van der Waals surface area contributed by atoms with Crippen LogP contribution in [0, 0.1) is 0 Å². The summed E-state index contributed by atoms with van der Waals surface area (Å²) < 4.78 is 6.49. The Morgan fingerprint density at radius 3 is 2.91 bits per heavy atom. The van der Waals surface area contributed by atoms with E-state index in [4.69, 9.17) is 4.42 Å². The Hall–Kier alpha value is -1.86. The molecule has 4 rings (SSSR count). The van der Waals surface area contributed by atoms with Gasteiger partial charge in [-0.1, -0.05) is 41.3 Å². The van der Waals surface area contributed by atoms with E-state index < -0.39 is 0 Å². The van der Waals surface area contributed by atoms with Gasteiger partial charge in [0.1, 0.15) is 6.26 Å². The average molecular weight is 330 g/mol. The molecule has 1 N–H and O–H groups in total. The van der Waals surface area contributed by atoms with E-state index in [9.17, 15) is 0 Å². The van der Waals surface area contributed by atoms with E-state index in [0.29, 0.717) is 11.9 Å². The lowest BCUT2D eigenvalue weighted by Crippen LogP contribution is -1.99. The van der Waals surface area contributed by atoms with Crippen LogP contribution < -0.4 is 5.32 Å². The lowest BCUT2D eigenvalue weighted by Gasteiger charge is -1.94. The van der Waals surface area contributed by atoms with Crippen molar-refractivity contribution in [2.45, 2.75) is 29.0 Å². The van der Waals surface area contributed by atoms with E-state index in [2.05, 4.69) is 20.5 Å². The van der Waals surface area contributed by atoms with E-state index >= 15 is 0 Å². The molecule has 22 heavy (non-hydrogen) atoms. The maximum Gasteiger partial charge on any atom is 0.226 e. The molecule has 1 fully saturated rings. The zero-order valence-electron chi connectivity index (χ0n) is 11.7. The minimum atomic E-state index is 0.606. The van der Waals surface area contributed by atoms with Crippen LogP contribution >= 0.6 is 23.1 Å². The summed E-state index contributed by atoms with van der Waals surface area (Å²) in [6.45, 7) is 0. The number of nitrogens with one attached hydrogen (secondary N) is 1. The van der Waals surface area contributed by atoms with Gasteiger partial charge in [0.2, 0.25) is 11.0 Å². The Balaban J connectivity index is 1.37. The molecule has 0 saturated heterocycles. The fourth-order valence-electron chi connectivity index (χ4n) is 1.95. The molecular formula is C15H14N4OS2. The molecule has 1 aliphatic carbocycles. The van der Waals surface area contributed by atoms with Crippen molar-refractivity contribution in [2.24, 2.45) is 0 Å². The van der Waals surface area contributed by atoms with Gasteiger partial charge in [0.05, 0.1) is 5.69 Å². The molecule has 1 aliphatic rings. The lowest BCUT2D eigenvalue weighted by atomic mass is 10.2. The summed E-state index contributed by atoms with van der Waals surface area (Å²) >= 11 is 3.23. The topological polar surface area (TPSA) is 63.8 Å². The number of hydrogen-bond donors (Lipinski definition) is 1. The molecule has 5 nitrogen and oxygen atoms in total. The summed E-state index contributed by atoms with van der Waals surface area (Å²) in [5, 5.41) is 12.6. The van der Waals surface area contributed by atoms with Crippen molar-refractivity contribution in [3.05, 3.63) is 42.3 Å². The van der Waals surface area contributed by atoms with Gasteiger partial charge in [-0.25, -0.2) is 4.98 Å². The van der Waals surface area contributed by atoms with E-state index in [1.165, 1.54) is 12.8 Å². The van der Waals surface area contributed by atoms with Crippen LogP contribution in [0.3, 0.4) is 0 Å². The summed E-state index contributed by atoms with van der Waals surface area (Å²) in [7, 11) is 0. The fourth-order valence-corrected chi connectivity index (χ4v) is 3.66. The van der Waals surface area contributed by atoms with Gasteiger partial charge in [-0.05, 0) is 25.0 Å². The number of hydrogen-bond acceptors (Lipinski definition) is 7. The Morgan fingerprint density at radius 1 is 1.23 bits per heavy atom. The van der Waals surface area contributed by atoms with Gasteiger partial charge < -0.3 is 9.73 Å². The number of thioether (sulfide) groups is 1. The summed E-state index contributed by atoms with van der Waals surface area (Å²) in [6, 6.07) is 10.5. The lowest BCUT2D eigenvalue weighted by molar-refractivity contribution is 0.573. The molecule has 0 unspecified atom stereocenters. The summed E-state index contributed by atoms with van der Waals surface area (Å²) in [6.07, 6.45) is 4.19. The van der Waals surface area contributed by atoms with Crippen molar-refractivity contribution < 1.29 is 4.42 Å². The fraction of sp³-hybridized carbons (Fsp3) is 0.267. The van der Waals surface area contributed by atoms with Crippen molar-refractivity contribution in [1.29, 1.82) is 0 Å². The highest BCUT2D eigenvalue weighted by Crippen LogP contribution is 2.31. The second-order valence-electron chi connectivity index (χ2n) is 5.09. The number of anilines is 1. The number of benzene rings is 1. The number of rotatable bonds is 6. The van der Waals surface area contributed by atoms with Crippen molar-refractivity contribution in [2.75, 3.05) is 5.32 Å². The van der Waals surface area contributed by atoms with Crippen LogP contribution in [0.15, 0.2) is 45.4 Å². The molecule has 112 valence electrons. The highest BCUT2D eigenvalue weighted by Gasteiger charge is 2.22. The summed E-state index contributed by atoms with van der Waals surface area (Å²) in [5.41, 5.74) is 1.90. The second kappa shape index (κ2) is 6.10. The van der Waals surface area contributed by atoms with Gasteiger partial charge in [0.15, 0.2) is 4.34 Å². The Kier molecular flexibility index (Phi) is 3.82. The SMILES string of the molecule is c1ccc(-c2nc(CSc3nnc(NC4CC4)s3)co2)cc1. The zero-order chi connectivity index (χ0) is 14.8. The maximum atomic E-state index is 5.54. The Morgan fingerprint density at radius 2 is 2.09 bits per heavy atom. The van der Waals surface area contributed by atoms with E-state index in [-0.39, 0.29) is 0 Å². The highest BCUT2D eigenvalue weighted by atomic mass is 32.2. The number of nitrogens with zero attached hydrogens (tertiary/aromatic N) is 3. The van der Waals surface area contributed by atoms with Gasteiger partial charge in [-0.15, -0.1) is 10.2 Å². The number of aromatic nitrogens is 3. The van der Waals surface area contributed by atoms with Crippen LogP contribution in [-0.2, 0) is 5.75 Å². The highest BCUT2D eigenvalue weighted by molar-refractivity contribution is 8.00. The van der Waals surface area contributed by atoms with Gasteiger partial charge >= 0.3 is 0 Å². The van der Waals surface area contributed by atoms with Crippen molar-refractivity contribution in [1.82, 2.24) is 15.2 Å². The molecule has 0 bridgehead atoms. The minimum Gasteiger partial charge on any atom is -0.444 e. The minimum absolute atomic E-state index is 0.606. The third-order valence-corrected chi connectivity index (χ3v) is 5.25. The molecule has 2 heterocycles. The first kappa shape index (κ1) is 13.8. The Labute approximate surface area is 136 Å². The summed E-state index contributed by atoms with van der Waals surface area (Å²) in [5.74, 6) is 1.39. The number of oxazole rings is 1. The van der Waals surface area contributed by atoms with Crippen molar-refractivity contribution >= 4 is 28.2 Å².